The number of carbonyl (C=O) groups excluding carboxylic acids is 1. The minimum atomic E-state index is -1.15. The number of carboxylic acid groups (broad SMARTS) is 1. The Labute approximate surface area is 121 Å². The molecule has 0 unspecified atom stereocenters. The van der Waals surface area contributed by atoms with Crippen molar-refractivity contribution in [3.63, 3.8) is 0 Å². The average molecular weight is 289 g/mol. The Kier molecular flexibility index (Phi) is 3.93. The molecule has 2 N–H and O–H groups in total. The summed E-state index contributed by atoms with van der Waals surface area (Å²) in [6, 6.07) is 4.47. The number of aromatic carboxylic acids is 1. The lowest BCUT2D eigenvalue weighted by atomic mass is 10.0. The minimum absolute atomic E-state index is 0.0609. The van der Waals surface area contributed by atoms with Crippen molar-refractivity contribution in [3.05, 3.63) is 41.1 Å². The summed E-state index contributed by atoms with van der Waals surface area (Å²) in [4.78, 5) is 23.4. The topological polar surface area (TPSA) is 93.5 Å². The number of hydrogen-bond acceptors (Lipinski definition) is 4. The van der Waals surface area contributed by atoms with Crippen LogP contribution in [0.4, 0.5) is 5.82 Å². The van der Waals surface area contributed by atoms with Gasteiger partial charge in [0.2, 0.25) is 0 Å². The largest absolute Gasteiger partial charge is 0.496 e. The van der Waals surface area contributed by atoms with Gasteiger partial charge in [-0.1, -0.05) is 0 Å². The van der Waals surface area contributed by atoms with Crippen molar-refractivity contribution in [2.75, 3.05) is 12.4 Å². The predicted octanol–water partition coefficient (Wildman–Crippen LogP) is 1.69. The highest BCUT2D eigenvalue weighted by atomic mass is 16.5. The second-order valence-electron chi connectivity index (χ2n) is 4.50. The number of nitrogens with zero attached hydrogens (tertiary/aromatic N) is 2. The Morgan fingerprint density at radius 2 is 2.05 bits per heavy atom. The molecule has 0 aliphatic rings. The SMILES string of the molecule is COc1cc(C)c(C(=O)Nc2ccn(C)n2)cc1C(=O)O. The molecule has 0 aliphatic carbocycles. The standard InChI is InChI=1S/C14H15N3O4/c1-8-6-11(21-3)10(14(19)20)7-9(8)13(18)15-12-4-5-17(2)16-12/h4-7H,1-3H3,(H,19,20)(H,15,16,18). The second-order valence-corrected chi connectivity index (χ2v) is 4.50. The lowest BCUT2D eigenvalue weighted by Gasteiger charge is -2.11. The molecule has 1 amide bonds. The van der Waals surface area contributed by atoms with E-state index >= 15 is 0 Å². The maximum absolute atomic E-state index is 12.2. The zero-order valence-electron chi connectivity index (χ0n) is 11.9. The lowest BCUT2D eigenvalue weighted by molar-refractivity contribution is 0.0693. The van der Waals surface area contributed by atoms with E-state index in [1.807, 2.05) is 0 Å². The molecule has 0 spiro atoms. The molecule has 110 valence electrons. The van der Waals surface area contributed by atoms with Gasteiger partial charge in [0, 0.05) is 24.9 Å². The molecule has 1 aromatic carbocycles. The summed E-state index contributed by atoms with van der Waals surface area (Å²) in [7, 11) is 3.12. The van der Waals surface area contributed by atoms with Crippen molar-refractivity contribution in [1.82, 2.24) is 9.78 Å². The van der Waals surface area contributed by atoms with Crippen molar-refractivity contribution in [2.24, 2.45) is 7.05 Å². The molecule has 2 rings (SSSR count). The van der Waals surface area contributed by atoms with E-state index in [0.29, 0.717) is 11.4 Å². The summed E-state index contributed by atoms with van der Waals surface area (Å²) in [5.74, 6) is -0.959. The molecule has 0 fully saturated rings. The van der Waals surface area contributed by atoms with Crippen LogP contribution in [0.5, 0.6) is 5.75 Å². The van der Waals surface area contributed by atoms with Crippen molar-refractivity contribution in [3.8, 4) is 5.75 Å². The maximum atomic E-state index is 12.2. The zero-order valence-corrected chi connectivity index (χ0v) is 11.9. The molecule has 0 saturated carbocycles. The molecule has 2 aromatic rings. The quantitative estimate of drug-likeness (QED) is 0.893. The summed E-state index contributed by atoms with van der Waals surface area (Å²) >= 11 is 0. The summed E-state index contributed by atoms with van der Waals surface area (Å²) in [5, 5.41) is 15.8. The second kappa shape index (κ2) is 5.66. The van der Waals surface area contributed by atoms with Gasteiger partial charge in [0.25, 0.3) is 5.91 Å². The highest BCUT2D eigenvalue weighted by Gasteiger charge is 2.18. The van der Waals surface area contributed by atoms with Crippen LogP contribution in [-0.2, 0) is 7.05 Å². The van der Waals surface area contributed by atoms with Crippen molar-refractivity contribution >= 4 is 17.7 Å². The summed E-state index contributed by atoms with van der Waals surface area (Å²) < 4.78 is 6.57. The van der Waals surface area contributed by atoms with Crippen LogP contribution in [0.15, 0.2) is 24.4 Å². The number of benzene rings is 1. The Balaban J connectivity index is 2.36. The number of hydrogen-bond donors (Lipinski definition) is 2. The van der Waals surface area contributed by atoms with Gasteiger partial charge < -0.3 is 15.2 Å². The van der Waals surface area contributed by atoms with E-state index in [1.165, 1.54) is 19.2 Å². The van der Waals surface area contributed by atoms with Crippen LogP contribution in [0.25, 0.3) is 0 Å². The normalized spacial score (nSPS) is 10.2. The van der Waals surface area contributed by atoms with Gasteiger partial charge >= 0.3 is 5.97 Å². The van der Waals surface area contributed by atoms with Gasteiger partial charge in [0.1, 0.15) is 11.3 Å². The molecule has 0 atom stereocenters. The zero-order chi connectivity index (χ0) is 15.6. The number of nitrogens with one attached hydrogen (secondary N) is 1. The number of ether oxygens (including phenoxy) is 1. The number of carboxylic acids is 1. The van der Waals surface area contributed by atoms with Gasteiger partial charge in [-0.2, -0.15) is 5.10 Å². The van der Waals surface area contributed by atoms with Crippen molar-refractivity contribution in [1.29, 1.82) is 0 Å². The molecule has 1 heterocycles. The first kappa shape index (κ1) is 14.6. The molecule has 7 nitrogen and oxygen atoms in total. The van der Waals surface area contributed by atoms with Crippen LogP contribution in [0, 0.1) is 6.92 Å². The number of aromatic nitrogens is 2. The van der Waals surface area contributed by atoms with Gasteiger partial charge in [-0.3, -0.25) is 9.48 Å². The van der Waals surface area contributed by atoms with Crippen LogP contribution in [-0.4, -0.2) is 33.9 Å². The van der Waals surface area contributed by atoms with Gasteiger partial charge in [0.05, 0.1) is 7.11 Å². The van der Waals surface area contributed by atoms with Gasteiger partial charge in [-0.05, 0) is 24.6 Å². The van der Waals surface area contributed by atoms with E-state index < -0.39 is 11.9 Å². The third-order valence-electron chi connectivity index (χ3n) is 2.98. The average Bonchev–Trinajstić information content (AvgIpc) is 2.83. The van der Waals surface area contributed by atoms with Gasteiger partial charge in [0.15, 0.2) is 5.82 Å². The Hall–Kier alpha value is -2.83. The van der Waals surface area contributed by atoms with Crippen LogP contribution in [0.3, 0.4) is 0 Å². The molecule has 7 heteroatoms. The fourth-order valence-corrected chi connectivity index (χ4v) is 1.93. The Morgan fingerprint density at radius 3 is 2.57 bits per heavy atom. The fourth-order valence-electron chi connectivity index (χ4n) is 1.93. The summed E-state index contributed by atoms with van der Waals surface area (Å²) in [6.07, 6.45) is 1.69. The van der Waals surface area contributed by atoms with Crippen LogP contribution in [0.2, 0.25) is 0 Å². The van der Waals surface area contributed by atoms with E-state index in [9.17, 15) is 9.59 Å². The number of carbonyl (C=O) groups is 2. The molecule has 0 radical (unpaired) electrons. The minimum Gasteiger partial charge on any atom is -0.496 e. The predicted molar refractivity (Wildman–Crippen MR) is 75.9 cm³/mol. The number of amides is 1. The van der Waals surface area contributed by atoms with Crippen LogP contribution < -0.4 is 10.1 Å². The monoisotopic (exact) mass is 289 g/mol. The maximum Gasteiger partial charge on any atom is 0.339 e. The molecular formula is C14H15N3O4. The Bertz CT molecular complexity index is 706. The summed E-state index contributed by atoms with van der Waals surface area (Å²) in [5.41, 5.74) is 0.818. The van der Waals surface area contributed by atoms with E-state index in [1.54, 1.807) is 30.9 Å². The number of anilines is 1. The van der Waals surface area contributed by atoms with Gasteiger partial charge in [-0.25, -0.2) is 4.79 Å². The fraction of sp³-hybridized carbons (Fsp3) is 0.214. The molecule has 0 bridgehead atoms. The van der Waals surface area contributed by atoms with Gasteiger partial charge in [-0.15, -0.1) is 0 Å². The number of rotatable bonds is 4. The third kappa shape index (κ3) is 3.02. The Morgan fingerprint density at radius 1 is 1.33 bits per heavy atom. The third-order valence-corrected chi connectivity index (χ3v) is 2.98. The van der Waals surface area contributed by atoms with Crippen LogP contribution >= 0.6 is 0 Å². The molecule has 0 saturated heterocycles. The van der Waals surface area contributed by atoms with E-state index in [0.717, 1.165) is 0 Å². The molecule has 1 aromatic heterocycles. The highest BCUT2D eigenvalue weighted by Crippen LogP contribution is 2.24. The number of aryl methyl sites for hydroxylation is 2. The van der Waals surface area contributed by atoms with E-state index in [-0.39, 0.29) is 16.9 Å². The van der Waals surface area contributed by atoms with Crippen molar-refractivity contribution in [2.45, 2.75) is 6.92 Å². The molecule has 21 heavy (non-hydrogen) atoms. The first-order valence-electron chi connectivity index (χ1n) is 6.15. The number of methoxy groups -OCH3 is 1. The first-order valence-corrected chi connectivity index (χ1v) is 6.15. The highest BCUT2D eigenvalue weighted by molar-refractivity contribution is 6.06. The first-order chi connectivity index (χ1) is 9.92. The lowest BCUT2D eigenvalue weighted by Crippen LogP contribution is -2.15. The molecular weight excluding hydrogens is 274 g/mol. The van der Waals surface area contributed by atoms with E-state index in [4.69, 9.17) is 9.84 Å². The van der Waals surface area contributed by atoms with Crippen LogP contribution in [0.1, 0.15) is 26.3 Å². The smallest absolute Gasteiger partial charge is 0.339 e. The van der Waals surface area contributed by atoms with Crippen molar-refractivity contribution < 1.29 is 19.4 Å². The summed E-state index contributed by atoms with van der Waals surface area (Å²) in [6.45, 7) is 1.71. The molecule has 0 aliphatic heterocycles. The van der Waals surface area contributed by atoms with E-state index in [2.05, 4.69) is 10.4 Å².